The van der Waals surface area contributed by atoms with E-state index in [1.807, 2.05) is 25.1 Å². The fourth-order valence-electron chi connectivity index (χ4n) is 2.07. The maximum absolute atomic E-state index is 11.9. The molecule has 0 fully saturated rings. The van der Waals surface area contributed by atoms with Crippen LogP contribution < -0.4 is 10.6 Å². The van der Waals surface area contributed by atoms with Gasteiger partial charge >= 0.3 is 12.0 Å². The number of benzene rings is 1. The molecule has 0 saturated heterocycles. The van der Waals surface area contributed by atoms with E-state index in [0.29, 0.717) is 24.0 Å². The van der Waals surface area contributed by atoms with E-state index in [1.165, 1.54) is 0 Å². The number of pyridine rings is 1. The van der Waals surface area contributed by atoms with Gasteiger partial charge in [0.15, 0.2) is 0 Å². The number of carboxylic acid groups (broad SMARTS) is 1. The predicted octanol–water partition coefficient (Wildman–Crippen LogP) is 2.61. The summed E-state index contributed by atoms with van der Waals surface area (Å²) in [6.45, 7) is 1.87. The molecule has 0 bridgehead atoms. The Hall–Kier alpha value is -2.63. The number of urea groups is 1. The molecule has 2 rings (SSSR count). The largest absolute Gasteiger partial charge is 0.480 e. The van der Waals surface area contributed by atoms with E-state index in [0.717, 1.165) is 5.39 Å². The van der Waals surface area contributed by atoms with E-state index in [2.05, 4.69) is 15.6 Å². The normalized spacial score (nSPS) is 11.9. The molecule has 2 amide bonds. The summed E-state index contributed by atoms with van der Waals surface area (Å²) < 4.78 is 0. The number of hydrogen-bond acceptors (Lipinski definition) is 3. The second-order valence-electron chi connectivity index (χ2n) is 4.66. The van der Waals surface area contributed by atoms with E-state index in [-0.39, 0.29) is 0 Å². The molecule has 0 radical (unpaired) electrons. The zero-order chi connectivity index (χ0) is 15.2. The van der Waals surface area contributed by atoms with E-state index < -0.39 is 18.0 Å². The van der Waals surface area contributed by atoms with Gasteiger partial charge in [-0.2, -0.15) is 0 Å². The number of hydrogen-bond donors (Lipinski definition) is 3. The van der Waals surface area contributed by atoms with Crippen molar-refractivity contribution in [3.8, 4) is 0 Å². The van der Waals surface area contributed by atoms with Crippen molar-refractivity contribution >= 4 is 28.6 Å². The first kappa shape index (κ1) is 14.8. The maximum atomic E-state index is 11.9. The van der Waals surface area contributed by atoms with Gasteiger partial charge in [0, 0.05) is 11.6 Å². The SMILES string of the molecule is CCC[C@H](NC(=O)Nc1cccc2cccnc12)C(=O)O. The Bertz CT molecular complexity index is 652. The molecule has 0 aliphatic heterocycles. The van der Waals surface area contributed by atoms with Crippen molar-refractivity contribution in [1.82, 2.24) is 10.3 Å². The van der Waals surface area contributed by atoms with Crippen molar-refractivity contribution in [2.45, 2.75) is 25.8 Å². The molecule has 0 spiro atoms. The number of nitrogens with zero attached hydrogens (tertiary/aromatic N) is 1. The lowest BCUT2D eigenvalue weighted by Crippen LogP contribution is -2.42. The minimum Gasteiger partial charge on any atom is -0.480 e. The Morgan fingerprint density at radius 1 is 1.29 bits per heavy atom. The number of nitrogens with one attached hydrogen (secondary N) is 2. The summed E-state index contributed by atoms with van der Waals surface area (Å²) in [6.07, 6.45) is 2.70. The second-order valence-corrected chi connectivity index (χ2v) is 4.66. The van der Waals surface area contributed by atoms with Gasteiger partial charge in [-0.1, -0.05) is 31.5 Å². The number of aliphatic carboxylic acids is 1. The van der Waals surface area contributed by atoms with Crippen LogP contribution in [-0.2, 0) is 4.79 Å². The third kappa shape index (κ3) is 3.68. The summed E-state index contributed by atoms with van der Waals surface area (Å²) in [4.78, 5) is 27.2. The first-order valence-corrected chi connectivity index (χ1v) is 6.76. The Balaban J connectivity index is 2.13. The predicted molar refractivity (Wildman–Crippen MR) is 80.2 cm³/mol. The molecular formula is C15H17N3O3. The van der Waals surface area contributed by atoms with Crippen LogP contribution in [0.25, 0.3) is 10.9 Å². The summed E-state index contributed by atoms with van der Waals surface area (Å²) in [6, 6.07) is 7.69. The molecule has 0 unspecified atom stereocenters. The summed E-state index contributed by atoms with van der Waals surface area (Å²) in [5.41, 5.74) is 1.21. The number of aromatic nitrogens is 1. The van der Waals surface area contributed by atoms with Crippen LogP contribution in [0.4, 0.5) is 10.5 Å². The first-order chi connectivity index (χ1) is 10.1. The van der Waals surface area contributed by atoms with Crippen LogP contribution in [0, 0.1) is 0 Å². The number of para-hydroxylation sites is 1. The molecule has 2 aromatic rings. The standard InChI is InChI=1S/C15H17N3O3/c1-2-5-12(14(19)20)18-15(21)17-11-8-3-6-10-7-4-9-16-13(10)11/h3-4,6-9,12H,2,5H2,1H3,(H,19,20)(H2,17,18,21)/t12-/m0/s1. The Morgan fingerprint density at radius 2 is 2.05 bits per heavy atom. The zero-order valence-corrected chi connectivity index (χ0v) is 11.7. The second kappa shape index (κ2) is 6.69. The number of carbonyl (C=O) groups excluding carboxylic acids is 1. The molecule has 1 aromatic carbocycles. The van der Waals surface area contributed by atoms with Crippen LogP contribution in [0.1, 0.15) is 19.8 Å². The minimum absolute atomic E-state index is 0.385. The average Bonchev–Trinajstić information content (AvgIpc) is 2.47. The fourth-order valence-corrected chi connectivity index (χ4v) is 2.07. The highest BCUT2D eigenvalue weighted by molar-refractivity contribution is 6.00. The van der Waals surface area contributed by atoms with E-state index >= 15 is 0 Å². The molecule has 110 valence electrons. The number of rotatable bonds is 5. The Morgan fingerprint density at radius 3 is 2.76 bits per heavy atom. The topological polar surface area (TPSA) is 91.3 Å². The average molecular weight is 287 g/mol. The van der Waals surface area contributed by atoms with E-state index in [1.54, 1.807) is 18.3 Å². The van der Waals surface area contributed by atoms with Gasteiger partial charge in [-0.25, -0.2) is 9.59 Å². The van der Waals surface area contributed by atoms with Crippen LogP contribution in [0.2, 0.25) is 0 Å². The quantitative estimate of drug-likeness (QED) is 0.788. The van der Waals surface area contributed by atoms with Gasteiger partial charge in [-0.05, 0) is 18.6 Å². The number of carboxylic acids is 1. The Labute approximate surface area is 122 Å². The van der Waals surface area contributed by atoms with Gasteiger partial charge in [-0.3, -0.25) is 4.98 Å². The third-order valence-corrected chi connectivity index (χ3v) is 3.06. The smallest absolute Gasteiger partial charge is 0.326 e. The van der Waals surface area contributed by atoms with Gasteiger partial charge in [0.25, 0.3) is 0 Å². The summed E-state index contributed by atoms with van der Waals surface area (Å²) >= 11 is 0. The van der Waals surface area contributed by atoms with Crippen LogP contribution in [0.15, 0.2) is 36.5 Å². The lowest BCUT2D eigenvalue weighted by Gasteiger charge is -2.14. The lowest BCUT2D eigenvalue weighted by molar-refractivity contribution is -0.139. The number of amides is 2. The van der Waals surface area contributed by atoms with E-state index in [4.69, 9.17) is 5.11 Å². The molecule has 0 aliphatic rings. The monoisotopic (exact) mass is 287 g/mol. The number of anilines is 1. The van der Waals surface area contributed by atoms with E-state index in [9.17, 15) is 9.59 Å². The highest BCUT2D eigenvalue weighted by Gasteiger charge is 2.19. The lowest BCUT2D eigenvalue weighted by atomic mass is 10.1. The van der Waals surface area contributed by atoms with Crippen molar-refractivity contribution in [2.75, 3.05) is 5.32 Å². The highest BCUT2D eigenvalue weighted by Crippen LogP contribution is 2.20. The highest BCUT2D eigenvalue weighted by atomic mass is 16.4. The summed E-state index contributed by atoms with van der Waals surface area (Å²) in [5.74, 6) is -1.04. The molecule has 21 heavy (non-hydrogen) atoms. The van der Waals surface area contributed by atoms with Gasteiger partial charge in [0.2, 0.25) is 0 Å². The van der Waals surface area contributed by atoms with Crippen LogP contribution in [-0.4, -0.2) is 28.1 Å². The van der Waals surface area contributed by atoms with Gasteiger partial charge in [0.1, 0.15) is 6.04 Å². The molecule has 3 N–H and O–H groups in total. The van der Waals surface area contributed by atoms with Crippen LogP contribution in [0.5, 0.6) is 0 Å². The molecule has 6 nitrogen and oxygen atoms in total. The number of carbonyl (C=O) groups is 2. The molecule has 0 aliphatic carbocycles. The van der Waals surface area contributed by atoms with Crippen molar-refractivity contribution < 1.29 is 14.7 Å². The third-order valence-electron chi connectivity index (χ3n) is 3.06. The van der Waals surface area contributed by atoms with Crippen molar-refractivity contribution in [3.05, 3.63) is 36.5 Å². The molecule has 0 saturated carbocycles. The summed E-state index contributed by atoms with van der Waals surface area (Å²) in [5, 5.41) is 15.0. The van der Waals surface area contributed by atoms with Crippen LogP contribution in [0.3, 0.4) is 0 Å². The first-order valence-electron chi connectivity index (χ1n) is 6.76. The molecule has 1 aromatic heterocycles. The molecule has 1 atom stereocenters. The van der Waals surface area contributed by atoms with Gasteiger partial charge in [-0.15, -0.1) is 0 Å². The van der Waals surface area contributed by atoms with Crippen molar-refractivity contribution in [3.63, 3.8) is 0 Å². The molecular weight excluding hydrogens is 270 g/mol. The van der Waals surface area contributed by atoms with Crippen molar-refractivity contribution in [2.24, 2.45) is 0 Å². The van der Waals surface area contributed by atoms with Gasteiger partial charge in [0.05, 0.1) is 11.2 Å². The fraction of sp³-hybridized carbons (Fsp3) is 0.267. The van der Waals surface area contributed by atoms with Gasteiger partial charge < -0.3 is 15.7 Å². The van der Waals surface area contributed by atoms with Crippen LogP contribution >= 0.6 is 0 Å². The number of fused-ring (bicyclic) bond motifs is 1. The Kier molecular flexibility index (Phi) is 4.71. The zero-order valence-electron chi connectivity index (χ0n) is 11.7. The minimum atomic E-state index is -1.04. The molecule has 1 heterocycles. The summed E-state index contributed by atoms with van der Waals surface area (Å²) in [7, 11) is 0. The van der Waals surface area contributed by atoms with Crippen molar-refractivity contribution in [1.29, 1.82) is 0 Å². The molecule has 6 heteroatoms. The maximum Gasteiger partial charge on any atom is 0.326 e.